The van der Waals surface area contributed by atoms with Crippen LogP contribution in [0.2, 0.25) is 0 Å². The molecule has 4 atom stereocenters. The minimum absolute atomic E-state index is 0.233. The highest BCUT2D eigenvalue weighted by molar-refractivity contribution is 5.85. The summed E-state index contributed by atoms with van der Waals surface area (Å²) in [5, 5.41) is 9.01. The Morgan fingerprint density at radius 1 is 1.57 bits per heavy atom. The van der Waals surface area contributed by atoms with Crippen molar-refractivity contribution in [3.63, 3.8) is 0 Å². The molecule has 3 aliphatic rings. The molecule has 3 aliphatic heterocycles. The number of cyclic esters (lactones) is 1. The van der Waals surface area contributed by atoms with E-state index in [1.807, 2.05) is 0 Å². The molecule has 0 aromatic heterocycles. The minimum Gasteiger partial charge on any atom is -0.481 e. The number of aliphatic carboxylic acids is 1. The van der Waals surface area contributed by atoms with Crippen LogP contribution in [-0.4, -0.2) is 35.4 Å². The third-order valence-electron chi connectivity index (χ3n) is 3.56. The summed E-state index contributed by atoms with van der Waals surface area (Å²) in [6.07, 6.45) is 1.19. The van der Waals surface area contributed by atoms with E-state index in [4.69, 9.17) is 14.6 Å². The maximum atomic E-state index is 11.4. The second kappa shape index (κ2) is 2.28. The first kappa shape index (κ1) is 8.23. The Bertz CT molecular complexity index is 325. The third kappa shape index (κ3) is 0.744. The molecule has 1 spiro atoms. The van der Waals surface area contributed by atoms with Crippen molar-refractivity contribution in [2.24, 2.45) is 11.8 Å². The lowest BCUT2D eigenvalue weighted by atomic mass is 9.73. The number of rotatable bonds is 1. The monoisotopic (exact) mass is 198 g/mol. The maximum absolute atomic E-state index is 11.4. The molecular formula is C9H10O5. The Labute approximate surface area is 80.0 Å². The van der Waals surface area contributed by atoms with Crippen molar-refractivity contribution in [1.29, 1.82) is 0 Å². The summed E-state index contributed by atoms with van der Waals surface area (Å²) in [6.45, 7) is 0.233. The second-order valence-electron chi connectivity index (χ2n) is 4.21. The first-order valence-electron chi connectivity index (χ1n) is 4.71. The van der Waals surface area contributed by atoms with Crippen LogP contribution in [0.25, 0.3) is 0 Å². The number of ether oxygens (including phenoxy) is 2. The molecule has 0 radical (unpaired) electrons. The molecule has 0 amide bonds. The van der Waals surface area contributed by atoms with E-state index >= 15 is 0 Å². The van der Waals surface area contributed by atoms with Crippen LogP contribution in [-0.2, 0) is 19.1 Å². The van der Waals surface area contributed by atoms with Crippen LogP contribution >= 0.6 is 0 Å². The molecule has 0 unspecified atom stereocenters. The molecule has 5 heteroatoms. The quantitative estimate of drug-likeness (QED) is 0.590. The van der Waals surface area contributed by atoms with Crippen molar-refractivity contribution < 1.29 is 24.2 Å². The molecule has 3 fully saturated rings. The van der Waals surface area contributed by atoms with E-state index in [-0.39, 0.29) is 12.7 Å². The number of carboxylic acid groups (broad SMARTS) is 1. The van der Waals surface area contributed by atoms with Crippen molar-refractivity contribution in [3.8, 4) is 0 Å². The Kier molecular flexibility index (Phi) is 1.34. The van der Waals surface area contributed by atoms with E-state index < -0.39 is 29.4 Å². The molecule has 0 saturated carbocycles. The van der Waals surface area contributed by atoms with Gasteiger partial charge in [-0.2, -0.15) is 0 Å². The van der Waals surface area contributed by atoms with E-state index in [1.54, 1.807) is 0 Å². The van der Waals surface area contributed by atoms with Crippen LogP contribution in [0.4, 0.5) is 0 Å². The second-order valence-corrected chi connectivity index (χ2v) is 4.21. The van der Waals surface area contributed by atoms with Crippen molar-refractivity contribution in [3.05, 3.63) is 0 Å². The van der Waals surface area contributed by atoms with Gasteiger partial charge in [0.2, 0.25) is 0 Å². The highest BCUT2D eigenvalue weighted by Gasteiger charge is 2.68. The fourth-order valence-corrected chi connectivity index (χ4v) is 2.97. The number of hydrogen-bond donors (Lipinski definition) is 1. The summed E-state index contributed by atoms with van der Waals surface area (Å²) in [5.41, 5.74) is -0.606. The molecule has 3 heterocycles. The number of hydrogen-bond acceptors (Lipinski definition) is 4. The lowest BCUT2D eigenvalue weighted by Gasteiger charge is -2.23. The van der Waals surface area contributed by atoms with Crippen LogP contribution in [0.1, 0.15) is 12.8 Å². The highest BCUT2D eigenvalue weighted by atomic mass is 16.6. The van der Waals surface area contributed by atoms with Crippen LogP contribution < -0.4 is 0 Å². The molecule has 3 saturated heterocycles. The molecular weight excluding hydrogens is 188 g/mol. The molecule has 1 N–H and O–H groups in total. The zero-order chi connectivity index (χ0) is 9.92. The predicted octanol–water partition coefficient (Wildman–Crippen LogP) is -0.208. The zero-order valence-corrected chi connectivity index (χ0v) is 7.43. The molecule has 2 bridgehead atoms. The Morgan fingerprint density at radius 2 is 2.36 bits per heavy atom. The number of esters is 1. The number of fused-ring (bicyclic) bond motifs is 1. The lowest BCUT2D eigenvalue weighted by molar-refractivity contribution is -0.153. The van der Waals surface area contributed by atoms with Crippen LogP contribution in [0.3, 0.4) is 0 Å². The first-order chi connectivity index (χ1) is 6.64. The fourth-order valence-electron chi connectivity index (χ4n) is 2.97. The van der Waals surface area contributed by atoms with Gasteiger partial charge in [0.05, 0.1) is 12.0 Å². The van der Waals surface area contributed by atoms with Gasteiger partial charge in [0, 0.05) is 0 Å². The van der Waals surface area contributed by atoms with Crippen LogP contribution in [0.15, 0.2) is 0 Å². The normalized spacial score (nSPS) is 49.1. The Hall–Kier alpha value is -1.10. The van der Waals surface area contributed by atoms with E-state index in [2.05, 4.69) is 0 Å². The predicted molar refractivity (Wildman–Crippen MR) is 42.4 cm³/mol. The van der Waals surface area contributed by atoms with Gasteiger partial charge in [-0.15, -0.1) is 0 Å². The zero-order valence-electron chi connectivity index (χ0n) is 7.43. The minimum atomic E-state index is -0.944. The average molecular weight is 198 g/mol. The SMILES string of the molecule is O=C(O)[C@@H]1[C@@H]2CC[C@]3(COC(=O)[C@H]13)O2. The molecule has 14 heavy (non-hydrogen) atoms. The summed E-state index contributed by atoms with van der Waals surface area (Å²) in [7, 11) is 0. The van der Waals surface area contributed by atoms with Crippen LogP contribution in [0.5, 0.6) is 0 Å². The fraction of sp³-hybridized carbons (Fsp3) is 0.778. The summed E-state index contributed by atoms with van der Waals surface area (Å²) in [4.78, 5) is 22.4. The van der Waals surface area contributed by atoms with E-state index in [9.17, 15) is 9.59 Å². The van der Waals surface area contributed by atoms with Gasteiger partial charge >= 0.3 is 11.9 Å². The summed E-state index contributed by atoms with van der Waals surface area (Å²) < 4.78 is 10.5. The number of carboxylic acids is 1. The number of carbonyl (C=O) groups excluding carboxylic acids is 1. The molecule has 76 valence electrons. The smallest absolute Gasteiger partial charge is 0.313 e. The van der Waals surface area contributed by atoms with Gasteiger partial charge in [-0.25, -0.2) is 0 Å². The van der Waals surface area contributed by atoms with Gasteiger partial charge in [0.15, 0.2) is 0 Å². The van der Waals surface area contributed by atoms with Crippen molar-refractivity contribution in [2.75, 3.05) is 6.61 Å². The van der Waals surface area contributed by atoms with Gasteiger partial charge in [0.1, 0.15) is 18.1 Å². The highest BCUT2D eigenvalue weighted by Crippen LogP contribution is 2.54. The van der Waals surface area contributed by atoms with Gasteiger partial charge in [-0.05, 0) is 12.8 Å². The Balaban J connectivity index is 2.03. The topological polar surface area (TPSA) is 72.8 Å². The first-order valence-corrected chi connectivity index (χ1v) is 4.71. The van der Waals surface area contributed by atoms with Crippen molar-refractivity contribution in [1.82, 2.24) is 0 Å². The van der Waals surface area contributed by atoms with E-state index in [0.29, 0.717) is 0 Å². The summed E-state index contributed by atoms with van der Waals surface area (Å²) in [6, 6.07) is 0. The molecule has 5 nitrogen and oxygen atoms in total. The van der Waals surface area contributed by atoms with Gasteiger partial charge < -0.3 is 14.6 Å². The maximum Gasteiger partial charge on any atom is 0.313 e. The van der Waals surface area contributed by atoms with Gasteiger partial charge in [-0.1, -0.05) is 0 Å². The van der Waals surface area contributed by atoms with Gasteiger partial charge in [0.25, 0.3) is 0 Å². The largest absolute Gasteiger partial charge is 0.481 e. The summed E-state index contributed by atoms with van der Waals surface area (Å²) >= 11 is 0. The third-order valence-corrected chi connectivity index (χ3v) is 3.56. The molecule has 0 aromatic carbocycles. The van der Waals surface area contributed by atoms with Crippen LogP contribution in [0, 0.1) is 11.8 Å². The average Bonchev–Trinajstić information content (AvgIpc) is 2.75. The molecule has 0 aliphatic carbocycles. The van der Waals surface area contributed by atoms with E-state index in [1.165, 1.54) is 0 Å². The standard InChI is InChI=1S/C9H10O5/c10-7(11)5-4-1-2-9(14-4)3-13-8(12)6(5)9/h4-6H,1-3H2,(H,10,11)/t4-,5+,6-,9+/m0/s1. The number of carbonyl (C=O) groups is 2. The van der Waals surface area contributed by atoms with Crippen molar-refractivity contribution >= 4 is 11.9 Å². The summed E-state index contributed by atoms with van der Waals surface area (Å²) in [5.74, 6) is -2.61. The molecule has 0 aromatic rings. The van der Waals surface area contributed by atoms with Gasteiger partial charge in [-0.3, -0.25) is 9.59 Å². The van der Waals surface area contributed by atoms with Crippen molar-refractivity contribution in [2.45, 2.75) is 24.5 Å². The Morgan fingerprint density at radius 3 is 3.07 bits per heavy atom. The molecule has 3 rings (SSSR count). The van der Waals surface area contributed by atoms with E-state index in [0.717, 1.165) is 12.8 Å². The lowest BCUT2D eigenvalue weighted by Crippen LogP contribution is -2.41.